The number of carboxylic acid groups (broad SMARTS) is 1. The molecule has 24 heavy (non-hydrogen) atoms. The van der Waals surface area contributed by atoms with Crippen molar-refractivity contribution in [1.29, 1.82) is 0 Å². The molecule has 0 saturated heterocycles. The van der Waals surface area contributed by atoms with Crippen LogP contribution in [0.2, 0.25) is 0 Å². The van der Waals surface area contributed by atoms with Crippen LogP contribution in [-0.2, 0) is 9.47 Å². The predicted molar refractivity (Wildman–Crippen MR) is 89.5 cm³/mol. The SMILES string of the molecule is COC(=O)c1ccc(C2=C(C(C)(C)C)OCCCN2C(=O)O)cc1. The molecule has 0 bridgehead atoms. The van der Waals surface area contributed by atoms with Gasteiger partial charge in [0.1, 0.15) is 5.76 Å². The summed E-state index contributed by atoms with van der Waals surface area (Å²) in [6, 6.07) is 6.69. The fraction of sp³-hybridized carbons (Fsp3) is 0.444. The first kappa shape index (κ1) is 17.8. The van der Waals surface area contributed by atoms with Crippen LogP contribution in [0.1, 0.15) is 43.1 Å². The summed E-state index contributed by atoms with van der Waals surface area (Å²) >= 11 is 0. The van der Waals surface area contributed by atoms with Crippen molar-refractivity contribution in [1.82, 2.24) is 4.90 Å². The number of benzene rings is 1. The molecule has 0 aromatic heterocycles. The number of hydrogen-bond acceptors (Lipinski definition) is 4. The molecule has 0 fully saturated rings. The molecule has 0 radical (unpaired) electrons. The van der Waals surface area contributed by atoms with Crippen LogP contribution >= 0.6 is 0 Å². The van der Waals surface area contributed by atoms with Crippen molar-refractivity contribution in [3.63, 3.8) is 0 Å². The normalized spacial score (nSPS) is 15.6. The Morgan fingerprint density at radius 3 is 2.33 bits per heavy atom. The van der Waals surface area contributed by atoms with Gasteiger partial charge in [-0.2, -0.15) is 0 Å². The molecule has 130 valence electrons. The highest BCUT2D eigenvalue weighted by atomic mass is 16.5. The summed E-state index contributed by atoms with van der Waals surface area (Å²) in [5.74, 6) is 0.201. The summed E-state index contributed by atoms with van der Waals surface area (Å²) in [7, 11) is 1.32. The van der Waals surface area contributed by atoms with Gasteiger partial charge < -0.3 is 14.6 Å². The molecule has 1 aliphatic rings. The highest BCUT2D eigenvalue weighted by molar-refractivity contribution is 5.90. The molecule has 0 spiro atoms. The molecule has 1 N–H and O–H groups in total. The van der Waals surface area contributed by atoms with Gasteiger partial charge in [0, 0.05) is 17.5 Å². The van der Waals surface area contributed by atoms with E-state index >= 15 is 0 Å². The summed E-state index contributed by atoms with van der Waals surface area (Å²) in [6.07, 6.45) is -0.399. The van der Waals surface area contributed by atoms with E-state index in [1.807, 2.05) is 20.8 Å². The number of carbonyl (C=O) groups is 2. The van der Waals surface area contributed by atoms with Crippen LogP contribution in [0.3, 0.4) is 0 Å². The van der Waals surface area contributed by atoms with Crippen molar-refractivity contribution in [3.8, 4) is 0 Å². The van der Waals surface area contributed by atoms with Gasteiger partial charge in [0.25, 0.3) is 0 Å². The van der Waals surface area contributed by atoms with E-state index in [-0.39, 0.29) is 5.41 Å². The van der Waals surface area contributed by atoms with E-state index in [1.54, 1.807) is 24.3 Å². The van der Waals surface area contributed by atoms with Crippen LogP contribution < -0.4 is 0 Å². The fourth-order valence-electron chi connectivity index (χ4n) is 2.63. The molecule has 1 amide bonds. The van der Waals surface area contributed by atoms with Gasteiger partial charge in [-0.05, 0) is 18.6 Å². The van der Waals surface area contributed by atoms with Crippen LogP contribution in [-0.4, -0.2) is 42.3 Å². The molecule has 6 nitrogen and oxygen atoms in total. The first-order valence-electron chi connectivity index (χ1n) is 7.82. The van der Waals surface area contributed by atoms with E-state index in [2.05, 4.69) is 0 Å². The number of amides is 1. The van der Waals surface area contributed by atoms with Crippen LogP contribution in [0, 0.1) is 5.41 Å². The van der Waals surface area contributed by atoms with Crippen molar-refractivity contribution in [2.75, 3.05) is 20.3 Å². The Morgan fingerprint density at radius 2 is 1.83 bits per heavy atom. The van der Waals surface area contributed by atoms with Crippen LogP contribution in [0.25, 0.3) is 5.70 Å². The van der Waals surface area contributed by atoms with Crippen molar-refractivity contribution >= 4 is 17.8 Å². The van der Waals surface area contributed by atoms with E-state index in [9.17, 15) is 14.7 Å². The Balaban J connectivity index is 2.58. The molecule has 1 aliphatic heterocycles. The number of esters is 1. The number of carbonyl (C=O) groups excluding carboxylic acids is 1. The minimum absolute atomic E-state index is 0.353. The van der Waals surface area contributed by atoms with E-state index < -0.39 is 12.1 Å². The summed E-state index contributed by atoms with van der Waals surface area (Å²) in [4.78, 5) is 24.7. The molecular formula is C18H23NO5. The first-order valence-corrected chi connectivity index (χ1v) is 7.82. The van der Waals surface area contributed by atoms with Gasteiger partial charge in [-0.15, -0.1) is 0 Å². The smallest absolute Gasteiger partial charge is 0.411 e. The van der Waals surface area contributed by atoms with Gasteiger partial charge >= 0.3 is 12.1 Å². The Bertz CT molecular complexity index is 655. The van der Waals surface area contributed by atoms with Gasteiger partial charge in [-0.25, -0.2) is 9.59 Å². The number of hydrogen-bond donors (Lipinski definition) is 1. The molecular weight excluding hydrogens is 310 g/mol. The van der Waals surface area contributed by atoms with Gasteiger partial charge in [-0.1, -0.05) is 32.9 Å². The number of allylic oxidation sites excluding steroid dienone is 1. The number of methoxy groups -OCH3 is 1. The third kappa shape index (κ3) is 3.69. The Morgan fingerprint density at radius 1 is 1.21 bits per heavy atom. The second-order valence-corrected chi connectivity index (χ2v) is 6.63. The number of ether oxygens (including phenoxy) is 2. The third-order valence-electron chi connectivity index (χ3n) is 3.75. The van der Waals surface area contributed by atoms with Gasteiger partial charge in [-0.3, -0.25) is 4.90 Å². The number of nitrogens with zero attached hydrogens (tertiary/aromatic N) is 1. The number of rotatable bonds is 2. The lowest BCUT2D eigenvalue weighted by Crippen LogP contribution is -2.30. The fourth-order valence-corrected chi connectivity index (χ4v) is 2.63. The topological polar surface area (TPSA) is 76.1 Å². The van der Waals surface area contributed by atoms with E-state index in [1.165, 1.54) is 12.0 Å². The van der Waals surface area contributed by atoms with Crippen molar-refractivity contribution in [2.24, 2.45) is 5.41 Å². The molecule has 6 heteroatoms. The van der Waals surface area contributed by atoms with Gasteiger partial charge in [0.15, 0.2) is 0 Å². The Labute approximate surface area is 141 Å². The second-order valence-electron chi connectivity index (χ2n) is 6.63. The summed E-state index contributed by atoms with van der Waals surface area (Å²) in [6.45, 7) is 6.78. The van der Waals surface area contributed by atoms with Crippen LogP contribution in [0.15, 0.2) is 30.0 Å². The Hall–Kier alpha value is -2.50. The zero-order valence-corrected chi connectivity index (χ0v) is 14.5. The lowest BCUT2D eigenvalue weighted by molar-refractivity contribution is 0.0600. The van der Waals surface area contributed by atoms with E-state index in [0.29, 0.717) is 42.2 Å². The molecule has 1 aromatic rings. The van der Waals surface area contributed by atoms with E-state index in [4.69, 9.17) is 9.47 Å². The molecule has 1 heterocycles. The highest BCUT2D eigenvalue weighted by Gasteiger charge is 2.32. The maximum atomic E-state index is 11.7. The molecule has 0 saturated carbocycles. The van der Waals surface area contributed by atoms with Crippen molar-refractivity contribution in [3.05, 3.63) is 41.2 Å². The lowest BCUT2D eigenvalue weighted by atomic mass is 9.90. The third-order valence-corrected chi connectivity index (χ3v) is 3.75. The van der Waals surface area contributed by atoms with Gasteiger partial charge in [0.2, 0.25) is 0 Å². The summed E-state index contributed by atoms with van der Waals surface area (Å²) < 4.78 is 10.6. The maximum Gasteiger partial charge on any atom is 0.411 e. The average molecular weight is 333 g/mol. The Kier molecular flexibility index (Phi) is 5.17. The molecule has 0 aliphatic carbocycles. The minimum atomic E-state index is -1.02. The molecule has 0 unspecified atom stereocenters. The second kappa shape index (κ2) is 6.95. The molecule has 2 rings (SSSR count). The molecule has 0 atom stereocenters. The predicted octanol–water partition coefficient (Wildman–Crippen LogP) is 3.59. The zero-order valence-electron chi connectivity index (χ0n) is 14.5. The standard InChI is InChI=1S/C18H23NO5/c1-18(2,3)15-14(19(17(21)22)10-5-11-24-15)12-6-8-13(9-7-12)16(20)23-4/h6-9H,5,10-11H2,1-4H3,(H,21,22). The van der Waals surface area contributed by atoms with Crippen LogP contribution in [0.4, 0.5) is 4.79 Å². The molecule has 1 aromatic carbocycles. The minimum Gasteiger partial charge on any atom is -0.495 e. The van der Waals surface area contributed by atoms with E-state index in [0.717, 1.165) is 0 Å². The largest absolute Gasteiger partial charge is 0.495 e. The maximum absolute atomic E-state index is 11.7. The highest BCUT2D eigenvalue weighted by Crippen LogP contribution is 2.37. The quantitative estimate of drug-likeness (QED) is 0.837. The summed E-state index contributed by atoms with van der Waals surface area (Å²) in [5.41, 5.74) is 1.28. The zero-order chi connectivity index (χ0) is 17.9. The van der Waals surface area contributed by atoms with Gasteiger partial charge in [0.05, 0.1) is 25.0 Å². The van der Waals surface area contributed by atoms with Crippen molar-refractivity contribution < 1.29 is 24.2 Å². The van der Waals surface area contributed by atoms with Crippen LogP contribution in [0.5, 0.6) is 0 Å². The summed E-state index contributed by atoms with van der Waals surface area (Å²) in [5, 5.41) is 9.62. The lowest BCUT2D eigenvalue weighted by Gasteiger charge is -2.28. The average Bonchev–Trinajstić information content (AvgIpc) is 2.77. The van der Waals surface area contributed by atoms with Crippen molar-refractivity contribution in [2.45, 2.75) is 27.2 Å². The first-order chi connectivity index (χ1) is 11.3. The monoisotopic (exact) mass is 333 g/mol.